The summed E-state index contributed by atoms with van der Waals surface area (Å²) in [5, 5.41) is 5.96. The van der Waals surface area contributed by atoms with Gasteiger partial charge in [0, 0.05) is 18.0 Å². The first-order valence-corrected chi connectivity index (χ1v) is 10.1. The lowest BCUT2D eigenvalue weighted by Gasteiger charge is -2.05. The van der Waals surface area contributed by atoms with Crippen LogP contribution in [0.3, 0.4) is 0 Å². The molecule has 1 N–H and O–H groups in total. The van der Waals surface area contributed by atoms with Crippen molar-refractivity contribution in [2.45, 2.75) is 26.9 Å². The Kier molecular flexibility index (Phi) is 6.98. The highest BCUT2D eigenvalue weighted by molar-refractivity contribution is 7.09. The summed E-state index contributed by atoms with van der Waals surface area (Å²) in [6.07, 6.45) is 4.19. The second-order valence-corrected chi connectivity index (χ2v) is 7.64. The largest absolute Gasteiger partial charge is 0.487 e. The molecule has 0 radical (unpaired) electrons. The van der Waals surface area contributed by atoms with Crippen LogP contribution in [0.15, 0.2) is 60.0 Å². The standard InChI is InChI=1S/C23H24N2O2S/c1-17-4-3-5-20(14-17)12-13-24-23(26)11-8-19-6-9-22(10-7-19)27-15-21-16-28-18(2)25-21/h3-11,14,16H,12-13,15H2,1-2H3,(H,24,26)/b11-8+. The third-order valence-electron chi connectivity index (χ3n) is 4.16. The first-order valence-electron chi connectivity index (χ1n) is 9.24. The molecule has 1 heterocycles. The highest BCUT2D eigenvalue weighted by Gasteiger charge is 2.01. The van der Waals surface area contributed by atoms with Gasteiger partial charge in [-0.05, 0) is 49.6 Å². The minimum Gasteiger partial charge on any atom is -0.487 e. The first kappa shape index (κ1) is 19.8. The Labute approximate surface area is 169 Å². The average molecular weight is 393 g/mol. The van der Waals surface area contributed by atoms with E-state index in [1.165, 1.54) is 11.1 Å². The molecular formula is C23H24N2O2S. The zero-order valence-electron chi connectivity index (χ0n) is 16.1. The number of hydrogen-bond donors (Lipinski definition) is 1. The lowest BCUT2D eigenvalue weighted by molar-refractivity contribution is -0.116. The van der Waals surface area contributed by atoms with E-state index in [4.69, 9.17) is 4.74 Å². The molecule has 0 saturated heterocycles. The van der Waals surface area contributed by atoms with Crippen LogP contribution in [0.2, 0.25) is 0 Å². The smallest absolute Gasteiger partial charge is 0.244 e. The van der Waals surface area contributed by atoms with Crippen molar-refractivity contribution in [2.24, 2.45) is 0 Å². The zero-order chi connectivity index (χ0) is 19.8. The summed E-state index contributed by atoms with van der Waals surface area (Å²) in [7, 11) is 0. The van der Waals surface area contributed by atoms with Crippen LogP contribution >= 0.6 is 11.3 Å². The number of thiazole rings is 1. The number of aromatic nitrogens is 1. The number of rotatable bonds is 8. The molecular weight excluding hydrogens is 368 g/mol. The highest BCUT2D eigenvalue weighted by Crippen LogP contribution is 2.16. The minimum absolute atomic E-state index is 0.0909. The van der Waals surface area contributed by atoms with Crippen LogP contribution in [0.5, 0.6) is 5.75 Å². The molecule has 0 aliphatic rings. The Morgan fingerprint density at radius 1 is 1.18 bits per heavy atom. The van der Waals surface area contributed by atoms with Gasteiger partial charge in [-0.2, -0.15) is 0 Å². The Morgan fingerprint density at radius 2 is 2.00 bits per heavy atom. The second-order valence-electron chi connectivity index (χ2n) is 6.58. The number of nitrogens with zero attached hydrogens (tertiary/aromatic N) is 1. The maximum absolute atomic E-state index is 12.0. The molecule has 0 unspecified atom stereocenters. The van der Waals surface area contributed by atoms with E-state index in [0.29, 0.717) is 13.2 Å². The van der Waals surface area contributed by atoms with Crippen molar-refractivity contribution >= 4 is 23.3 Å². The summed E-state index contributed by atoms with van der Waals surface area (Å²) in [4.78, 5) is 16.4. The summed E-state index contributed by atoms with van der Waals surface area (Å²) < 4.78 is 5.73. The fourth-order valence-electron chi connectivity index (χ4n) is 2.74. The fraction of sp³-hybridized carbons (Fsp3) is 0.217. The van der Waals surface area contributed by atoms with Gasteiger partial charge in [0.25, 0.3) is 0 Å². The van der Waals surface area contributed by atoms with Crippen LogP contribution in [0.25, 0.3) is 6.08 Å². The van der Waals surface area contributed by atoms with Crippen molar-refractivity contribution < 1.29 is 9.53 Å². The van der Waals surface area contributed by atoms with Gasteiger partial charge in [-0.3, -0.25) is 4.79 Å². The van der Waals surface area contributed by atoms with Crippen LogP contribution in [-0.2, 0) is 17.8 Å². The van der Waals surface area contributed by atoms with Crippen LogP contribution in [-0.4, -0.2) is 17.4 Å². The Balaban J connectivity index is 1.42. The normalized spacial score (nSPS) is 10.9. The van der Waals surface area contributed by atoms with E-state index in [2.05, 4.69) is 35.4 Å². The average Bonchev–Trinajstić information content (AvgIpc) is 3.11. The molecule has 0 saturated carbocycles. The van der Waals surface area contributed by atoms with E-state index in [1.807, 2.05) is 42.6 Å². The SMILES string of the molecule is Cc1cccc(CCNC(=O)/C=C/c2ccc(OCc3csc(C)n3)cc2)c1. The van der Waals surface area contributed by atoms with Crippen molar-refractivity contribution in [3.05, 3.63) is 87.4 Å². The second kappa shape index (κ2) is 9.85. The Bertz CT molecular complexity index is 945. The number of hydrogen-bond acceptors (Lipinski definition) is 4. The van der Waals surface area contributed by atoms with Crippen molar-refractivity contribution in [3.63, 3.8) is 0 Å². The van der Waals surface area contributed by atoms with Gasteiger partial charge in [0.1, 0.15) is 12.4 Å². The van der Waals surface area contributed by atoms with E-state index >= 15 is 0 Å². The van der Waals surface area contributed by atoms with Crippen LogP contribution < -0.4 is 10.1 Å². The van der Waals surface area contributed by atoms with Gasteiger partial charge < -0.3 is 10.1 Å². The van der Waals surface area contributed by atoms with E-state index in [1.54, 1.807) is 23.5 Å². The molecule has 1 aromatic heterocycles. The maximum atomic E-state index is 12.0. The van der Waals surface area contributed by atoms with E-state index < -0.39 is 0 Å². The molecule has 5 heteroatoms. The minimum atomic E-state index is -0.0909. The van der Waals surface area contributed by atoms with Gasteiger partial charge in [-0.15, -0.1) is 11.3 Å². The van der Waals surface area contributed by atoms with Crippen molar-refractivity contribution in [3.8, 4) is 5.75 Å². The lowest BCUT2D eigenvalue weighted by Crippen LogP contribution is -2.23. The van der Waals surface area contributed by atoms with Crippen LogP contribution in [0.1, 0.15) is 27.4 Å². The molecule has 0 aliphatic heterocycles. The fourth-order valence-corrected chi connectivity index (χ4v) is 3.33. The molecule has 1 amide bonds. The number of ether oxygens (including phenoxy) is 1. The summed E-state index contributed by atoms with van der Waals surface area (Å²) in [5.41, 5.74) is 4.35. The van der Waals surface area contributed by atoms with Gasteiger partial charge in [0.2, 0.25) is 5.91 Å². The Hall–Kier alpha value is -2.92. The monoisotopic (exact) mass is 392 g/mol. The molecule has 0 spiro atoms. The third-order valence-corrected chi connectivity index (χ3v) is 4.98. The predicted octanol–water partition coefficient (Wildman–Crippen LogP) is 4.71. The highest BCUT2D eigenvalue weighted by atomic mass is 32.1. The van der Waals surface area contributed by atoms with Gasteiger partial charge in [-0.1, -0.05) is 42.0 Å². The molecule has 3 rings (SSSR count). The number of carbonyl (C=O) groups is 1. The molecule has 4 nitrogen and oxygen atoms in total. The summed E-state index contributed by atoms with van der Waals surface area (Å²) in [5.74, 6) is 0.692. The topological polar surface area (TPSA) is 51.2 Å². The lowest BCUT2D eigenvalue weighted by atomic mass is 10.1. The van der Waals surface area contributed by atoms with Crippen molar-refractivity contribution in [1.82, 2.24) is 10.3 Å². The number of amides is 1. The number of carbonyl (C=O) groups excluding carboxylic acids is 1. The predicted molar refractivity (Wildman–Crippen MR) is 115 cm³/mol. The molecule has 0 bridgehead atoms. The maximum Gasteiger partial charge on any atom is 0.244 e. The molecule has 3 aromatic rings. The van der Waals surface area contributed by atoms with Crippen LogP contribution in [0.4, 0.5) is 0 Å². The Morgan fingerprint density at radius 3 is 2.71 bits per heavy atom. The van der Waals surface area contributed by atoms with Gasteiger partial charge in [0.15, 0.2) is 0 Å². The van der Waals surface area contributed by atoms with E-state index in [9.17, 15) is 4.79 Å². The quantitative estimate of drug-likeness (QED) is 0.565. The summed E-state index contributed by atoms with van der Waals surface area (Å²) in [6, 6.07) is 16.0. The van der Waals surface area contributed by atoms with Gasteiger partial charge in [0.05, 0.1) is 10.7 Å². The molecule has 0 atom stereocenters. The van der Waals surface area contributed by atoms with Crippen molar-refractivity contribution in [2.75, 3.05) is 6.54 Å². The molecule has 28 heavy (non-hydrogen) atoms. The van der Waals surface area contributed by atoms with Gasteiger partial charge in [-0.25, -0.2) is 4.98 Å². The molecule has 0 aliphatic carbocycles. The third kappa shape index (κ3) is 6.35. The molecule has 2 aromatic carbocycles. The first-order chi connectivity index (χ1) is 13.6. The number of benzene rings is 2. The van der Waals surface area contributed by atoms with E-state index in [-0.39, 0.29) is 5.91 Å². The van der Waals surface area contributed by atoms with Gasteiger partial charge >= 0.3 is 0 Å². The summed E-state index contributed by atoms with van der Waals surface area (Å²) >= 11 is 1.62. The zero-order valence-corrected chi connectivity index (χ0v) is 17.0. The number of aryl methyl sites for hydroxylation is 2. The molecule has 144 valence electrons. The number of nitrogens with one attached hydrogen (secondary N) is 1. The summed E-state index contributed by atoms with van der Waals surface area (Å²) in [6.45, 7) is 5.13. The molecule has 0 fully saturated rings. The van der Waals surface area contributed by atoms with Crippen molar-refractivity contribution in [1.29, 1.82) is 0 Å². The van der Waals surface area contributed by atoms with Crippen LogP contribution in [0, 0.1) is 13.8 Å². The van der Waals surface area contributed by atoms with E-state index in [0.717, 1.165) is 28.4 Å².